The Kier molecular flexibility index (Phi) is 7.18. The topological polar surface area (TPSA) is 101 Å². The average Bonchev–Trinajstić information content (AvgIpc) is 3.39. The summed E-state index contributed by atoms with van der Waals surface area (Å²) in [5.74, 6) is -0.343. The number of carbonyl (C=O) groups excluding carboxylic acids is 1. The molecule has 184 valence electrons. The van der Waals surface area contributed by atoms with E-state index >= 15 is 0 Å². The van der Waals surface area contributed by atoms with Gasteiger partial charge in [-0.05, 0) is 62.9 Å². The Hall–Kier alpha value is -3.30. The molecule has 1 aromatic heterocycles. The van der Waals surface area contributed by atoms with Gasteiger partial charge in [0.05, 0.1) is 10.6 Å². The van der Waals surface area contributed by atoms with Gasteiger partial charge in [0.2, 0.25) is 15.9 Å². The minimum atomic E-state index is -3.62. The molecule has 1 aliphatic rings. The lowest BCUT2D eigenvalue weighted by Crippen LogP contribution is -2.34. The molecule has 3 aromatic rings. The third-order valence-electron chi connectivity index (χ3n) is 6.30. The summed E-state index contributed by atoms with van der Waals surface area (Å²) in [5, 5.41) is 7.33. The second-order valence-electron chi connectivity index (χ2n) is 8.87. The van der Waals surface area contributed by atoms with Crippen LogP contribution in [0.25, 0.3) is 11.3 Å². The first-order valence-corrected chi connectivity index (χ1v) is 13.2. The Morgan fingerprint density at radius 2 is 1.71 bits per heavy atom. The highest BCUT2D eigenvalue weighted by Gasteiger charge is 2.29. The van der Waals surface area contributed by atoms with Crippen LogP contribution in [0, 0.1) is 13.8 Å². The monoisotopic (exact) mass is 494 g/mol. The summed E-state index contributed by atoms with van der Waals surface area (Å²) < 4.78 is 29.1. The molecule has 1 unspecified atom stereocenters. The van der Waals surface area contributed by atoms with Gasteiger partial charge in [-0.15, -0.1) is 0 Å². The highest BCUT2D eigenvalue weighted by Crippen LogP contribution is 2.28. The van der Waals surface area contributed by atoms with Crippen molar-refractivity contribution in [2.75, 3.05) is 18.4 Å². The van der Waals surface area contributed by atoms with Crippen molar-refractivity contribution in [3.63, 3.8) is 0 Å². The molecule has 2 aromatic carbocycles. The maximum Gasteiger partial charge on any atom is 0.267 e. The molecule has 1 N–H and O–H groups in total. The van der Waals surface area contributed by atoms with E-state index in [1.54, 1.807) is 43.3 Å². The molecule has 8 nitrogen and oxygen atoms in total. The second kappa shape index (κ2) is 10.1. The summed E-state index contributed by atoms with van der Waals surface area (Å²) in [7, 11) is -3.62. The van der Waals surface area contributed by atoms with Crippen LogP contribution < -0.4 is 10.9 Å². The standard InChI is InChI=1S/C26H30N4O4S/c1-4-23(26(32)27-21-11-7-18(2)8-12-21)30-25(31)14-13-22(28-30)20-10-9-19(3)24(17-20)35(33,34)29-15-5-6-16-29/h7-14,17,23H,4-6,15-16H2,1-3H3,(H,27,32). The molecule has 0 radical (unpaired) electrons. The SMILES string of the molecule is CCC(C(=O)Nc1ccc(C)cc1)n1nc(-c2ccc(C)c(S(=O)(=O)N3CCCC3)c2)ccc1=O. The zero-order chi connectivity index (χ0) is 25.2. The summed E-state index contributed by atoms with van der Waals surface area (Å²) in [5.41, 5.74) is 2.94. The van der Waals surface area contributed by atoms with Gasteiger partial charge in [-0.3, -0.25) is 9.59 Å². The van der Waals surface area contributed by atoms with Gasteiger partial charge in [0, 0.05) is 30.4 Å². The molecule has 1 aliphatic heterocycles. The quantitative estimate of drug-likeness (QED) is 0.537. The number of aryl methyl sites for hydroxylation is 2. The molecule has 9 heteroatoms. The number of nitrogens with zero attached hydrogens (tertiary/aromatic N) is 3. The molecule has 2 heterocycles. The van der Waals surface area contributed by atoms with E-state index in [2.05, 4.69) is 10.4 Å². The van der Waals surface area contributed by atoms with Gasteiger partial charge in [-0.1, -0.05) is 36.8 Å². The molecule has 0 aliphatic carbocycles. The molecule has 1 saturated heterocycles. The van der Waals surface area contributed by atoms with Crippen molar-refractivity contribution in [1.29, 1.82) is 0 Å². The third kappa shape index (κ3) is 5.21. The fraction of sp³-hybridized carbons (Fsp3) is 0.346. The average molecular weight is 495 g/mol. The summed E-state index contributed by atoms with van der Waals surface area (Å²) in [6.07, 6.45) is 2.07. The Morgan fingerprint density at radius 3 is 2.37 bits per heavy atom. The van der Waals surface area contributed by atoms with Crippen molar-refractivity contribution >= 4 is 21.6 Å². The van der Waals surface area contributed by atoms with Gasteiger partial charge < -0.3 is 5.32 Å². The number of hydrogen-bond acceptors (Lipinski definition) is 5. The van der Waals surface area contributed by atoms with E-state index in [0.29, 0.717) is 42.0 Å². The van der Waals surface area contributed by atoms with Crippen molar-refractivity contribution in [1.82, 2.24) is 14.1 Å². The number of benzene rings is 2. The Labute approximate surface area is 205 Å². The molecule has 1 fully saturated rings. The maximum absolute atomic E-state index is 13.2. The zero-order valence-corrected chi connectivity index (χ0v) is 21.0. The first kappa shape index (κ1) is 24.8. The summed E-state index contributed by atoms with van der Waals surface area (Å²) in [6.45, 7) is 6.57. The molecule has 4 rings (SSSR count). The smallest absolute Gasteiger partial charge is 0.267 e. The minimum absolute atomic E-state index is 0.237. The Balaban J connectivity index is 1.68. The van der Waals surface area contributed by atoms with Crippen LogP contribution in [0.4, 0.5) is 5.69 Å². The third-order valence-corrected chi connectivity index (χ3v) is 8.34. The fourth-order valence-corrected chi connectivity index (χ4v) is 6.01. The Bertz CT molecular complexity index is 1390. The van der Waals surface area contributed by atoms with Crippen LogP contribution in [0.15, 0.2) is 64.3 Å². The number of aromatic nitrogens is 2. The van der Waals surface area contributed by atoms with Gasteiger partial charge >= 0.3 is 0 Å². The summed E-state index contributed by atoms with van der Waals surface area (Å²) in [6, 6.07) is 14.6. The Morgan fingerprint density at radius 1 is 1.03 bits per heavy atom. The number of nitrogens with one attached hydrogen (secondary N) is 1. The number of carbonyl (C=O) groups is 1. The highest BCUT2D eigenvalue weighted by atomic mass is 32.2. The van der Waals surface area contributed by atoms with E-state index in [1.165, 1.54) is 15.1 Å². The normalized spacial score (nSPS) is 15.2. The number of amides is 1. The van der Waals surface area contributed by atoms with Crippen molar-refractivity contribution in [3.05, 3.63) is 76.1 Å². The van der Waals surface area contributed by atoms with E-state index in [0.717, 1.165) is 18.4 Å². The predicted octanol–water partition coefficient (Wildman–Crippen LogP) is 3.90. The van der Waals surface area contributed by atoms with E-state index in [9.17, 15) is 18.0 Å². The first-order valence-electron chi connectivity index (χ1n) is 11.8. The number of anilines is 1. The van der Waals surface area contributed by atoms with E-state index in [4.69, 9.17) is 0 Å². The van der Waals surface area contributed by atoms with Crippen molar-refractivity contribution in [3.8, 4) is 11.3 Å². The number of hydrogen-bond donors (Lipinski definition) is 1. The van der Waals surface area contributed by atoms with Crippen LogP contribution in [-0.4, -0.2) is 41.5 Å². The predicted molar refractivity (Wildman–Crippen MR) is 136 cm³/mol. The fourth-order valence-electron chi connectivity index (χ4n) is 4.24. The van der Waals surface area contributed by atoms with Crippen LogP contribution in [0.1, 0.15) is 43.4 Å². The molecule has 0 spiro atoms. The van der Waals surface area contributed by atoms with Gasteiger partial charge in [0.15, 0.2) is 0 Å². The lowest BCUT2D eigenvalue weighted by molar-refractivity contribution is -0.119. The number of rotatable bonds is 7. The van der Waals surface area contributed by atoms with Gasteiger partial charge in [-0.2, -0.15) is 9.40 Å². The molecule has 35 heavy (non-hydrogen) atoms. The van der Waals surface area contributed by atoms with Crippen molar-refractivity contribution in [2.45, 2.75) is 51.0 Å². The van der Waals surface area contributed by atoms with Crippen LogP contribution in [0.3, 0.4) is 0 Å². The van der Waals surface area contributed by atoms with Crippen LogP contribution in [-0.2, 0) is 14.8 Å². The molecule has 0 bridgehead atoms. The molecule has 0 saturated carbocycles. The van der Waals surface area contributed by atoms with Crippen LogP contribution in [0.2, 0.25) is 0 Å². The van der Waals surface area contributed by atoms with Crippen LogP contribution >= 0.6 is 0 Å². The van der Waals surface area contributed by atoms with Crippen LogP contribution in [0.5, 0.6) is 0 Å². The van der Waals surface area contributed by atoms with E-state index < -0.39 is 21.6 Å². The first-order chi connectivity index (χ1) is 16.7. The molecular formula is C26H30N4O4S. The summed E-state index contributed by atoms with van der Waals surface area (Å²) in [4.78, 5) is 25.9. The lowest BCUT2D eigenvalue weighted by Gasteiger charge is -2.19. The highest BCUT2D eigenvalue weighted by molar-refractivity contribution is 7.89. The number of sulfonamides is 1. The minimum Gasteiger partial charge on any atom is -0.324 e. The molecular weight excluding hydrogens is 464 g/mol. The maximum atomic E-state index is 13.2. The van der Waals surface area contributed by atoms with E-state index in [1.807, 2.05) is 26.0 Å². The second-order valence-corrected chi connectivity index (χ2v) is 10.8. The summed E-state index contributed by atoms with van der Waals surface area (Å²) >= 11 is 0. The lowest BCUT2D eigenvalue weighted by atomic mass is 10.1. The van der Waals surface area contributed by atoms with Crippen molar-refractivity contribution < 1.29 is 13.2 Å². The zero-order valence-electron chi connectivity index (χ0n) is 20.2. The van der Waals surface area contributed by atoms with Gasteiger partial charge in [0.1, 0.15) is 6.04 Å². The van der Waals surface area contributed by atoms with Gasteiger partial charge in [0.25, 0.3) is 5.56 Å². The van der Waals surface area contributed by atoms with E-state index in [-0.39, 0.29) is 10.8 Å². The van der Waals surface area contributed by atoms with Gasteiger partial charge in [-0.25, -0.2) is 13.1 Å². The molecule has 1 amide bonds. The van der Waals surface area contributed by atoms with Crippen molar-refractivity contribution in [2.24, 2.45) is 0 Å². The molecule has 1 atom stereocenters. The largest absolute Gasteiger partial charge is 0.324 e.